The smallest absolute Gasteiger partial charge is 0.0948 e. The van der Waals surface area contributed by atoms with Crippen LogP contribution in [0.5, 0.6) is 0 Å². The molecule has 1 aromatic heterocycles. The maximum Gasteiger partial charge on any atom is 0.0948 e. The summed E-state index contributed by atoms with van der Waals surface area (Å²) in [6.07, 6.45) is 3.86. The SMILES string of the molecule is CCn1cncc1CSc1ccc(CNC(C)C)cc1. The van der Waals surface area contributed by atoms with E-state index in [0.29, 0.717) is 6.04 Å². The summed E-state index contributed by atoms with van der Waals surface area (Å²) in [5.74, 6) is 0.970. The van der Waals surface area contributed by atoms with Gasteiger partial charge in [-0.05, 0) is 24.6 Å². The molecule has 1 heterocycles. The number of thioether (sulfide) groups is 1. The molecule has 3 nitrogen and oxygen atoms in total. The normalized spacial score (nSPS) is 11.2. The highest BCUT2D eigenvalue weighted by molar-refractivity contribution is 7.98. The van der Waals surface area contributed by atoms with Gasteiger partial charge in [0, 0.05) is 41.7 Å². The zero-order valence-corrected chi connectivity index (χ0v) is 13.3. The molecule has 2 aromatic rings. The Morgan fingerprint density at radius 1 is 1.25 bits per heavy atom. The Labute approximate surface area is 125 Å². The van der Waals surface area contributed by atoms with E-state index in [2.05, 4.69) is 59.9 Å². The predicted molar refractivity (Wildman–Crippen MR) is 85.9 cm³/mol. The zero-order chi connectivity index (χ0) is 14.4. The van der Waals surface area contributed by atoms with Crippen LogP contribution in [0.2, 0.25) is 0 Å². The summed E-state index contributed by atoms with van der Waals surface area (Å²) < 4.78 is 2.19. The van der Waals surface area contributed by atoms with Crippen LogP contribution >= 0.6 is 11.8 Å². The van der Waals surface area contributed by atoms with Gasteiger partial charge in [0.1, 0.15) is 0 Å². The molecule has 0 amide bonds. The number of nitrogens with zero attached hydrogens (tertiary/aromatic N) is 2. The Morgan fingerprint density at radius 2 is 2.00 bits per heavy atom. The Balaban J connectivity index is 1.87. The van der Waals surface area contributed by atoms with Crippen molar-refractivity contribution in [1.29, 1.82) is 0 Å². The van der Waals surface area contributed by atoms with E-state index >= 15 is 0 Å². The molecule has 0 aliphatic rings. The van der Waals surface area contributed by atoms with Gasteiger partial charge in [-0.2, -0.15) is 0 Å². The van der Waals surface area contributed by atoms with Gasteiger partial charge in [0.25, 0.3) is 0 Å². The van der Waals surface area contributed by atoms with Crippen LogP contribution in [0.4, 0.5) is 0 Å². The van der Waals surface area contributed by atoms with Crippen molar-refractivity contribution in [3.05, 3.63) is 48.0 Å². The first-order valence-corrected chi connectivity index (χ1v) is 8.11. The molecule has 0 bridgehead atoms. The molecule has 0 atom stereocenters. The molecule has 2 rings (SSSR count). The number of aromatic nitrogens is 2. The van der Waals surface area contributed by atoms with Gasteiger partial charge >= 0.3 is 0 Å². The van der Waals surface area contributed by atoms with Crippen LogP contribution < -0.4 is 5.32 Å². The van der Waals surface area contributed by atoms with Gasteiger partial charge in [0.2, 0.25) is 0 Å². The fraction of sp³-hybridized carbons (Fsp3) is 0.438. The van der Waals surface area contributed by atoms with Crippen molar-refractivity contribution in [2.24, 2.45) is 0 Å². The largest absolute Gasteiger partial charge is 0.334 e. The van der Waals surface area contributed by atoms with E-state index in [1.807, 2.05) is 24.3 Å². The predicted octanol–water partition coefficient (Wildman–Crippen LogP) is 3.69. The minimum Gasteiger partial charge on any atom is -0.334 e. The minimum absolute atomic E-state index is 0.526. The first kappa shape index (κ1) is 15.1. The second kappa shape index (κ2) is 7.50. The highest BCUT2D eigenvalue weighted by atomic mass is 32.2. The highest BCUT2D eigenvalue weighted by Gasteiger charge is 2.02. The summed E-state index contributed by atoms with van der Waals surface area (Å²) >= 11 is 1.86. The third-order valence-corrected chi connectivity index (χ3v) is 4.21. The topological polar surface area (TPSA) is 29.9 Å². The van der Waals surface area contributed by atoms with Crippen molar-refractivity contribution in [2.75, 3.05) is 0 Å². The zero-order valence-electron chi connectivity index (χ0n) is 12.5. The van der Waals surface area contributed by atoms with Gasteiger partial charge in [0.15, 0.2) is 0 Å². The van der Waals surface area contributed by atoms with Crippen LogP contribution in [0.25, 0.3) is 0 Å². The van der Waals surface area contributed by atoms with E-state index in [1.54, 1.807) is 0 Å². The summed E-state index contributed by atoms with van der Waals surface area (Å²) in [7, 11) is 0. The lowest BCUT2D eigenvalue weighted by Crippen LogP contribution is -2.21. The number of nitrogens with one attached hydrogen (secondary N) is 1. The van der Waals surface area contributed by atoms with E-state index in [4.69, 9.17) is 0 Å². The Bertz CT molecular complexity index is 517. The molecule has 0 aliphatic carbocycles. The molecular weight excluding hydrogens is 266 g/mol. The monoisotopic (exact) mass is 289 g/mol. The van der Waals surface area contributed by atoms with E-state index in [9.17, 15) is 0 Å². The number of rotatable bonds is 7. The van der Waals surface area contributed by atoms with Gasteiger partial charge in [-0.3, -0.25) is 0 Å². The third-order valence-electron chi connectivity index (χ3n) is 3.16. The van der Waals surface area contributed by atoms with Crippen LogP contribution in [0, 0.1) is 0 Å². The van der Waals surface area contributed by atoms with E-state index in [1.165, 1.54) is 16.2 Å². The molecule has 0 radical (unpaired) electrons. The maximum atomic E-state index is 4.20. The fourth-order valence-corrected chi connectivity index (χ4v) is 2.82. The van der Waals surface area contributed by atoms with Gasteiger partial charge in [-0.15, -0.1) is 11.8 Å². The second-order valence-electron chi connectivity index (χ2n) is 5.14. The lowest BCUT2D eigenvalue weighted by atomic mass is 10.2. The number of hydrogen-bond acceptors (Lipinski definition) is 3. The lowest BCUT2D eigenvalue weighted by Gasteiger charge is -2.09. The first-order chi connectivity index (χ1) is 9.69. The maximum absolute atomic E-state index is 4.20. The Morgan fingerprint density at radius 3 is 2.65 bits per heavy atom. The quantitative estimate of drug-likeness (QED) is 0.788. The van der Waals surface area contributed by atoms with Crippen molar-refractivity contribution >= 4 is 11.8 Å². The Hall–Kier alpha value is -1.26. The molecule has 108 valence electrons. The molecular formula is C16H23N3S. The molecule has 1 aromatic carbocycles. The molecule has 1 N–H and O–H groups in total. The lowest BCUT2D eigenvalue weighted by molar-refractivity contribution is 0.588. The van der Waals surface area contributed by atoms with E-state index < -0.39 is 0 Å². The van der Waals surface area contributed by atoms with Crippen LogP contribution in [0.15, 0.2) is 41.7 Å². The van der Waals surface area contributed by atoms with Crippen LogP contribution in [-0.2, 0) is 18.8 Å². The highest BCUT2D eigenvalue weighted by Crippen LogP contribution is 2.23. The number of imidazole rings is 1. The number of benzene rings is 1. The van der Waals surface area contributed by atoms with Gasteiger partial charge in [-0.1, -0.05) is 26.0 Å². The molecule has 0 unspecified atom stereocenters. The van der Waals surface area contributed by atoms with Crippen LogP contribution in [0.3, 0.4) is 0 Å². The summed E-state index contributed by atoms with van der Waals surface area (Å²) in [5.41, 5.74) is 2.62. The summed E-state index contributed by atoms with van der Waals surface area (Å²) in [6.45, 7) is 8.40. The van der Waals surface area contributed by atoms with E-state index in [0.717, 1.165) is 18.8 Å². The van der Waals surface area contributed by atoms with Crippen molar-refractivity contribution in [3.8, 4) is 0 Å². The standard InChI is InChI=1S/C16H23N3S/c1-4-19-12-17-10-15(19)11-20-16-7-5-14(6-8-16)9-18-13(2)3/h5-8,10,12-13,18H,4,9,11H2,1-3H3. The third kappa shape index (κ3) is 4.39. The molecule has 0 fully saturated rings. The van der Waals surface area contributed by atoms with Crippen molar-refractivity contribution in [1.82, 2.24) is 14.9 Å². The molecule has 0 spiro atoms. The van der Waals surface area contributed by atoms with Crippen molar-refractivity contribution < 1.29 is 0 Å². The fourth-order valence-electron chi connectivity index (χ4n) is 1.94. The minimum atomic E-state index is 0.526. The van der Waals surface area contributed by atoms with Gasteiger partial charge in [0.05, 0.1) is 6.33 Å². The Kier molecular flexibility index (Phi) is 5.68. The summed E-state index contributed by atoms with van der Waals surface area (Å²) in [5, 5.41) is 3.43. The number of aryl methyl sites for hydroxylation is 1. The van der Waals surface area contributed by atoms with Crippen LogP contribution in [0.1, 0.15) is 32.0 Å². The van der Waals surface area contributed by atoms with Gasteiger partial charge < -0.3 is 9.88 Å². The second-order valence-corrected chi connectivity index (χ2v) is 6.19. The van der Waals surface area contributed by atoms with Crippen LogP contribution in [-0.4, -0.2) is 15.6 Å². The van der Waals surface area contributed by atoms with E-state index in [-0.39, 0.29) is 0 Å². The van der Waals surface area contributed by atoms with Gasteiger partial charge in [-0.25, -0.2) is 4.98 Å². The first-order valence-electron chi connectivity index (χ1n) is 7.13. The van der Waals surface area contributed by atoms with Crippen molar-refractivity contribution in [3.63, 3.8) is 0 Å². The molecule has 4 heteroatoms. The molecule has 0 aliphatic heterocycles. The molecule has 20 heavy (non-hydrogen) atoms. The molecule has 0 saturated carbocycles. The average molecular weight is 289 g/mol. The summed E-state index contributed by atoms with van der Waals surface area (Å²) in [4.78, 5) is 5.51. The average Bonchev–Trinajstić information content (AvgIpc) is 2.91. The number of hydrogen-bond donors (Lipinski definition) is 1. The summed E-state index contributed by atoms with van der Waals surface area (Å²) in [6, 6.07) is 9.34. The van der Waals surface area contributed by atoms with Crippen molar-refractivity contribution in [2.45, 2.75) is 50.6 Å². The molecule has 0 saturated heterocycles.